The Morgan fingerprint density at radius 2 is 2.22 bits per heavy atom. The van der Waals surface area contributed by atoms with Gasteiger partial charge in [0, 0.05) is 25.8 Å². The summed E-state index contributed by atoms with van der Waals surface area (Å²) in [7, 11) is 0. The van der Waals surface area contributed by atoms with Crippen molar-refractivity contribution in [1.82, 2.24) is 15.5 Å². The molecule has 0 atom stereocenters. The van der Waals surface area contributed by atoms with Gasteiger partial charge in [-0.05, 0) is 31.2 Å². The molecule has 1 saturated heterocycles. The van der Waals surface area contributed by atoms with Gasteiger partial charge < -0.3 is 10.1 Å². The lowest BCUT2D eigenvalue weighted by atomic mass is 9.97. The molecule has 0 unspecified atom stereocenters. The third-order valence-electron chi connectivity index (χ3n) is 3.09. The maximum Gasteiger partial charge on any atom is 0.271 e. The van der Waals surface area contributed by atoms with Gasteiger partial charge >= 0.3 is 0 Å². The highest BCUT2D eigenvalue weighted by molar-refractivity contribution is 5.91. The van der Waals surface area contributed by atoms with Crippen LogP contribution < -0.4 is 10.9 Å². The number of carbonyl (C=O) groups excluding carboxylic acids is 1. The summed E-state index contributed by atoms with van der Waals surface area (Å²) in [6.07, 6.45) is 3.08. The van der Waals surface area contributed by atoms with Gasteiger partial charge in [-0.15, -0.1) is 0 Å². The number of carbonyl (C=O) groups is 1. The molecule has 0 radical (unpaired) electrons. The molecule has 6 heteroatoms. The van der Waals surface area contributed by atoms with E-state index in [0.717, 1.165) is 32.5 Å². The van der Waals surface area contributed by atoms with E-state index in [1.54, 1.807) is 0 Å². The third-order valence-corrected chi connectivity index (χ3v) is 3.09. The number of aromatic amines is 1. The standard InChI is InChI=1S/C12H17N3O3/c16-11-2-1-10(14-15-11)12(17)13-6-3-9-4-7-18-8-5-9/h1-2,9H,3-8H2,(H,13,17)(H,15,16). The highest BCUT2D eigenvalue weighted by atomic mass is 16.5. The number of amides is 1. The summed E-state index contributed by atoms with van der Waals surface area (Å²) in [4.78, 5) is 22.5. The molecule has 0 spiro atoms. The Labute approximate surface area is 105 Å². The fourth-order valence-corrected chi connectivity index (χ4v) is 1.99. The Bertz CT molecular complexity index is 432. The molecule has 1 aliphatic rings. The highest BCUT2D eigenvalue weighted by Gasteiger charge is 2.14. The van der Waals surface area contributed by atoms with Crippen LogP contribution in [0.2, 0.25) is 0 Å². The monoisotopic (exact) mass is 251 g/mol. The Kier molecular flexibility index (Phi) is 4.46. The molecule has 0 aliphatic carbocycles. The number of H-pyrrole nitrogens is 1. The minimum Gasteiger partial charge on any atom is -0.381 e. The normalized spacial score (nSPS) is 16.4. The van der Waals surface area contributed by atoms with Gasteiger partial charge in [0.1, 0.15) is 5.69 Å². The fourth-order valence-electron chi connectivity index (χ4n) is 1.99. The number of rotatable bonds is 4. The van der Waals surface area contributed by atoms with Gasteiger partial charge in [0.2, 0.25) is 0 Å². The largest absolute Gasteiger partial charge is 0.381 e. The lowest BCUT2D eigenvalue weighted by molar-refractivity contribution is 0.0636. The van der Waals surface area contributed by atoms with Crippen molar-refractivity contribution in [2.45, 2.75) is 19.3 Å². The second kappa shape index (κ2) is 6.30. The molecule has 98 valence electrons. The first kappa shape index (κ1) is 12.8. The summed E-state index contributed by atoms with van der Waals surface area (Å²) >= 11 is 0. The summed E-state index contributed by atoms with van der Waals surface area (Å²) in [6.45, 7) is 2.27. The second-order valence-electron chi connectivity index (χ2n) is 4.41. The van der Waals surface area contributed by atoms with Gasteiger partial charge in [-0.2, -0.15) is 5.10 Å². The summed E-state index contributed by atoms with van der Waals surface area (Å²) in [5.74, 6) is 0.376. The molecule has 2 heterocycles. The van der Waals surface area contributed by atoms with Crippen LogP contribution in [0.25, 0.3) is 0 Å². The van der Waals surface area contributed by atoms with E-state index in [9.17, 15) is 9.59 Å². The molecule has 2 rings (SSSR count). The van der Waals surface area contributed by atoms with Crippen LogP contribution in [-0.4, -0.2) is 35.9 Å². The number of nitrogens with one attached hydrogen (secondary N) is 2. The third kappa shape index (κ3) is 3.66. The molecular weight excluding hydrogens is 234 g/mol. The fraction of sp³-hybridized carbons (Fsp3) is 0.583. The zero-order chi connectivity index (χ0) is 12.8. The van der Waals surface area contributed by atoms with E-state index in [2.05, 4.69) is 15.5 Å². The Morgan fingerprint density at radius 3 is 2.89 bits per heavy atom. The topological polar surface area (TPSA) is 84.1 Å². The van der Waals surface area contributed by atoms with Crippen molar-refractivity contribution in [1.29, 1.82) is 0 Å². The van der Waals surface area contributed by atoms with Gasteiger partial charge in [0.25, 0.3) is 11.5 Å². The van der Waals surface area contributed by atoms with Crippen molar-refractivity contribution in [3.63, 3.8) is 0 Å². The van der Waals surface area contributed by atoms with E-state index in [1.165, 1.54) is 12.1 Å². The summed E-state index contributed by atoms with van der Waals surface area (Å²) in [5, 5.41) is 8.71. The SMILES string of the molecule is O=C(NCCC1CCOCC1)c1ccc(=O)[nH]n1. The van der Waals surface area contributed by atoms with Crippen molar-refractivity contribution in [3.05, 3.63) is 28.2 Å². The molecule has 0 saturated carbocycles. The van der Waals surface area contributed by atoms with Crippen LogP contribution in [0, 0.1) is 5.92 Å². The number of hydrogen-bond acceptors (Lipinski definition) is 4. The lowest BCUT2D eigenvalue weighted by Crippen LogP contribution is -2.29. The van der Waals surface area contributed by atoms with E-state index < -0.39 is 0 Å². The van der Waals surface area contributed by atoms with Crippen LogP contribution in [0.5, 0.6) is 0 Å². The van der Waals surface area contributed by atoms with Gasteiger partial charge in [0.15, 0.2) is 0 Å². The van der Waals surface area contributed by atoms with Gasteiger partial charge in [-0.25, -0.2) is 5.10 Å². The highest BCUT2D eigenvalue weighted by Crippen LogP contribution is 2.17. The molecule has 18 heavy (non-hydrogen) atoms. The number of ether oxygens (including phenoxy) is 1. The molecule has 0 bridgehead atoms. The maximum atomic E-state index is 11.7. The van der Waals surface area contributed by atoms with Crippen molar-refractivity contribution in [2.75, 3.05) is 19.8 Å². The quantitative estimate of drug-likeness (QED) is 0.807. The summed E-state index contributed by atoms with van der Waals surface area (Å²) in [6, 6.07) is 2.71. The average molecular weight is 251 g/mol. The zero-order valence-electron chi connectivity index (χ0n) is 10.1. The number of hydrogen-bond donors (Lipinski definition) is 2. The lowest BCUT2D eigenvalue weighted by Gasteiger charge is -2.21. The summed E-state index contributed by atoms with van der Waals surface area (Å²) in [5.41, 5.74) is -0.0738. The molecule has 0 aromatic carbocycles. The minimum atomic E-state index is -0.311. The van der Waals surface area contributed by atoms with E-state index >= 15 is 0 Å². The second-order valence-corrected chi connectivity index (χ2v) is 4.41. The molecule has 1 aromatic heterocycles. The zero-order valence-corrected chi connectivity index (χ0v) is 10.1. The Balaban J connectivity index is 1.74. The van der Waals surface area contributed by atoms with Crippen LogP contribution in [0.4, 0.5) is 0 Å². The average Bonchev–Trinajstić information content (AvgIpc) is 2.40. The van der Waals surface area contributed by atoms with Crippen molar-refractivity contribution >= 4 is 5.91 Å². The van der Waals surface area contributed by atoms with Gasteiger partial charge in [0.05, 0.1) is 0 Å². The minimum absolute atomic E-state index is 0.238. The first-order valence-electron chi connectivity index (χ1n) is 6.17. The van der Waals surface area contributed by atoms with E-state index in [0.29, 0.717) is 12.5 Å². The van der Waals surface area contributed by atoms with Crippen LogP contribution in [-0.2, 0) is 4.74 Å². The number of aromatic nitrogens is 2. The van der Waals surface area contributed by atoms with Crippen LogP contribution in [0.3, 0.4) is 0 Å². The van der Waals surface area contributed by atoms with E-state index in [4.69, 9.17) is 4.74 Å². The predicted octanol–water partition coefficient (Wildman–Crippen LogP) is 0.316. The van der Waals surface area contributed by atoms with Gasteiger partial charge in [-0.1, -0.05) is 0 Å². The van der Waals surface area contributed by atoms with Crippen molar-refractivity contribution < 1.29 is 9.53 Å². The van der Waals surface area contributed by atoms with E-state index in [-0.39, 0.29) is 17.2 Å². The van der Waals surface area contributed by atoms with E-state index in [1.807, 2.05) is 0 Å². The first-order valence-corrected chi connectivity index (χ1v) is 6.17. The molecule has 1 amide bonds. The first-order chi connectivity index (χ1) is 8.75. The summed E-state index contributed by atoms with van der Waals surface area (Å²) < 4.78 is 5.28. The van der Waals surface area contributed by atoms with Gasteiger partial charge in [-0.3, -0.25) is 9.59 Å². The molecular formula is C12H17N3O3. The molecule has 6 nitrogen and oxygen atoms in total. The molecule has 2 N–H and O–H groups in total. The molecule has 1 fully saturated rings. The van der Waals surface area contributed by atoms with Crippen molar-refractivity contribution in [2.24, 2.45) is 5.92 Å². The predicted molar refractivity (Wildman–Crippen MR) is 65.4 cm³/mol. The van der Waals surface area contributed by atoms with Crippen LogP contribution in [0.1, 0.15) is 29.8 Å². The van der Waals surface area contributed by atoms with Crippen molar-refractivity contribution in [3.8, 4) is 0 Å². The Hall–Kier alpha value is -1.69. The maximum absolute atomic E-state index is 11.7. The molecule has 1 aromatic rings. The Morgan fingerprint density at radius 1 is 1.44 bits per heavy atom. The molecule has 1 aliphatic heterocycles. The smallest absolute Gasteiger partial charge is 0.271 e. The van der Waals surface area contributed by atoms with Crippen LogP contribution in [0.15, 0.2) is 16.9 Å². The van der Waals surface area contributed by atoms with Crippen LogP contribution >= 0.6 is 0 Å². The number of nitrogens with zero attached hydrogens (tertiary/aromatic N) is 1.